The van der Waals surface area contributed by atoms with E-state index in [1.54, 1.807) is 0 Å². The Morgan fingerprint density at radius 2 is 1.00 bits per heavy atom. The summed E-state index contributed by atoms with van der Waals surface area (Å²) in [5, 5.41) is 18.6. The second-order valence-corrected chi connectivity index (χ2v) is 8.15. The van der Waals surface area contributed by atoms with Crippen molar-refractivity contribution < 1.29 is 10.2 Å². The van der Waals surface area contributed by atoms with E-state index >= 15 is 0 Å². The van der Waals surface area contributed by atoms with E-state index in [-0.39, 0.29) is 0 Å². The topological polar surface area (TPSA) is 40.5 Å². The lowest BCUT2D eigenvalue weighted by Gasteiger charge is -2.44. The van der Waals surface area contributed by atoms with Crippen molar-refractivity contribution in [2.24, 2.45) is 23.7 Å². The Balaban J connectivity index is 2.73. The van der Waals surface area contributed by atoms with Crippen LogP contribution in [0, 0.1) is 23.7 Å². The van der Waals surface area contributed by atoms with Gasteiger partial charge in [-0.1, -0.05) is 58.8 Å². The van der Waals surface area contributed by atoms with Crippen molar-refractivity contribution in [1.29, 1.82) is 0 Å². The van der Waals surface area contributed by atoms with Crippen molar-refractivity contribution in [2.75, 3.05) is 13.2 Å². The van der Waals surface area contributed by atoms with Gasteiger partial charge >= 0.3 is 0 Å². The van der Waals surface area contributed by atoms with Gasteiger partial charge in [0.05, 0.1) is 0 Å². The molecule has 0 aromatic heterocycles. The fourth-order valence-corrected chi connectivity index (χ4v) is 5.14. The second kappa shape index (κ2) is 14.1. The molecule has 2 N–H and O–H groups in total. The maximum absolute atomic E-state index is 9.36. The van der Waals surface area contributed by atoms with Gasteiger partial charge in [-0.2, -0.15) is 0 Å². The minimum Gasteiger partial charge on any atom is -0.396 e. The predicted octanol–water partition coefficient (Wildman–Crippen LogP) is 5.95. The standard InChI is InChI=1S/C22H44O2/c1-3-5-7-11-19-15-16-20(12-9-17-23)22(14-10-18-24)21(19)13-8-6-4-2/h19-24H,3-18H2,1-2H3. The van der Waals surface area contributed by atoms with Gasteiger partial charge in [0, 0.05) is 13.2 Å². The Kier molecular flexibility index (Phi) is 12.9. The van der Waals surface area contributed by atoms with E-state index in [0.29, 0.717) is 13.2 Å². The molecule has 0 heterocycles. The molecule has 0 spiro atoms. The second-order valence-electron chi connectivity index (χ2n) is 8.15. The summed E-state index contributed by atoms with van der Waals surface area (Å²) in [5.41, 5.74) is 0. The molecule has 1 aliphatic rings. The molecule has 0 saturated heterocycles. The zero-order valence-corrected chi connectivity index (χ0v) is 16.5. The number of hydrogen-bond acceptors (Lipinski definition) is 2. The third-order valence-electron chi connectivity index (χ3n) is 6.42. The Morgan fingerprint density at radius 1 is 0.583 bits per heavy atom. The van der Waals surface area contributed by atoms with Crippen LogP contribution >= 0.6 is 0 Å². The number of aliphatic hydroxyl groups is 2. The molecule has 1 saturated carbocycles. The maximum Gasteiger partial charge on any atom is 0.0431 e. The predicted molar refractivity (Wildman–Crippen MR) is 104 cm³/mol. The summed E-state index contributed by atoms with van der Waals surface area (Å²) in [6, 6.07) is 0. The fourth-order valence-electron chi connectivity index (χ4n) is 5.14. The molecule has 0 aromatic rings. The molecular weight excluding hydrogens is 296 g/mol. The van der Waals surface area contributed by atoms with Gasteiger partial charge in [0.1, 0.15) is 0 Å². The normalized spacial score (nSPS) is 27.5. The first-order valence-electron chi connectivity index (χ1n) is 11.0. The smallest absolute Gasteiger partial charge is 0.0431 e. The van der Waals surface area contributed by atoms with Crippen molar-refractivity contribution in [1.82, 2.24) is 0 Å². The Hall–Kier alpha value is -0.0800. The first-order chi connectivity index (χ1) is 11.8. The summed E-state index contributed by atoms with van der Waals surface area (Å²) in [6.45, 7) is 5.27. The lowest BCUT2D eigenvalue weighted by atomic mass is 9.61. The molecule has 1 aliphatic carbocycles. The molecule has 4 unspecified atom stereocenters. The third-order valence-corrected chi connectivity index (χ3v) is 6.42. The average Bonchev–Trinajstić information content (AvgIpc) is 2.60. The quantitative estimate of drug-likeness (QED) is 0.384. The van der Waals surface area contributed by atoms with Crippen LogP contribution in [-0.4, -0.2) is 23.4 Å². The van der Waals surface area contributed by atoms with E-state index < -0.39 is 0 Å². The van der Waals surface area contributed by atoms with Crippen LogP contribution in [0.4, 0.5) is 0 Å². The first-order valence-corrected chi connectivity index (χ1v) is 11.0. The van der Waals surface area contributed by atoms with Gasteiger partial charge in [0.15, 0.2) is 0 Å². The number of aliphatic hydroxyl groups excluding tert-OH is 2. The van der Waals surface area contributed by atoms with Crippen molar-refractivity contribution >= 4 is 0 Å². The maximum atomic E-state index is 9.36. The molecule has 0 radical (unpaired) electrons. The molecule has 0 aromatic carbocycles. The molecule has 2 nitrogen and oxygen atoms in total. The van der Waals surface area contributed by atoms with E-state index in [4.69, 9.17) is 0 Å². The molecule has 4 atom stereocenters. The van der Waals surface area contributed by atoms with Crippen molar-refractivity contribution in [3.05, 3.63) is 0 Å². The number of unbranched alkanes of at least 4 members (excludes halogenated alkanes) is 4. The van der Waals surface area contributed by atoms with Crippen LogP contribution in [-0.2, 0) is 0 Å². The fraction of sp³-hybridized carbons (Fsp3) is 1.00. The van der Waals surface area contributed by atoms with Gasteiger partial charge in [-0.3, -0.25) is 0 Å². The largest absolute Gasteiger partial charge is 0.396 e. The van der Waals surface area contributed by atoms with Crippen molar-refractivity contribution in [2.45, 2.75) is 104 Å². The minimum absolute atomic E-state index is 0.337. The Morgan fingerprint density at radius 3 is 1.50 bits per heavy atom. The van der Waals surface area contributed by atoms with Crippen LogP contribution in [0.15, 0.2) is 0 Å². The summed E-state index contributed by atoms with van der Waals surface area (Å²) < 4.78 is 0. The highest BCUT2D eigenvalue weighted by molar-refractivity contribution is 4.87. The van der Waals surface area contributed by atoms with Gasteiger partial charge < -0.3 is 10.2 Å². The van der Waals surface area contributed by atoms with Gasteiger partial charge in [-0.15, -0.1) is 0 Å². The highest BCUT2D eigenvalue weighted by Crippen LogP contribution is 2.47. The monoisotopic (exact) mass is 340 g/mol. The molecule has 0 aliphatic heterocycles. The molecule has 1 fully saturated rings. The average molecular weight is 341 g/mol. The first kappa shape index (κ1) is 22.0. The molecule has 2 heteroatoms. The van der Waals surface area contributed by atoms with E-state index in [1.165, 1.54) is 77.0 Å². The lowest BCUT2D eigenvalue weighted by molar-refractivity contribution is 0.0531. The SMILES string of the molecule is CCCCCC1CCC(CCCO)C(CCCO)C1CCCCC. The van der Waals surface area contributed by atoms with E-state index in [2.05, 4.69) is 13.8 Å². The molecule has 144 valence electrons. The van der Waals surface area contributed by atoms with Crippen LogP contribution in [0.5, 0.6) is 0 Å². The van der Waals surface area contributed by atoms with Crippen molar-refractivity contribution in [3.63, 3.8) is 0 Å². The van der Waals surface area contributed by atoms with Gasteiger partial charge in [-0.25, -0.2) is 0 Å². The number of rotatable bonds is 14. The third kappa shape index (κ3) is 7.87. The van der Waals surface area contributed by atoms with Gasteiger partial charge in [0.25, 0.3) is 0 Å². The lowest BCUT2D eigenvalue weighted by Crippen LogP contribution is -2.35. The summed E-state index contributed by atoms with van der Waals surface area (Å²) in [4.78, 5) is 0. The molecule has 1 rings (SSSR count). The molecule has 0 amide bonds. The van der Waals surface area contributed by atoms with E-state index in [9.17, 15) is 10.2 Å². The summed E-state index contributed by atoms with van der Waals surface area (Å²) in [6.07, 6.45) is 18.1. The molecule has 24 heavy (non-hydrogen) atoms. The van der Waals surface area contributed by atoms with Crippen LogP contribution < -0.4 is 0 Å². The van der Waals surface area contributed by atoms with Crippen LogP contribution in [0.1, 0.15) is 104 Å². The van der Waals surface area contributed by atoms with Gasteiger partial charge in [0.2, 0.25) is 0 Å². The highest BCUT2D eigenvalue weighted by atomic mass is 16.3. The molecular formula is C22H44O2. The highest BCUT2D eigenvalue weighted by Gasteiger charge is 2.37. The zero-order valence-electron chi connectivity index (χ0n) is 16.5. The van der Waals surface area contributed by atoms with E-state index in [0.717, 1.165) is 36.5 Å². The van der Waals surface area contributed by atoms with E-state index in [1.807, 2.05) is 0 Å². The summed E-state index contributed by atoms with van der Waals surface area (Å²) >= 11 is 0. The van der Waals surface area contributed by atoms with Crippen molar-refractivity contribution in [3.8, 4) is 0 Å². The Bertz CT molecular complexity index is 279. The van der Waals surface area contributed by atoms with Crippen LogP contribution in [0.2, 0.25) is 0 Å². The summed E-state index contributed by atoms with van der Waals surface area (Å²) in [7, 11) is 0. The Labute approximate surface area is 151 Å². The summed E-state index contributed by atoms with van der Waals surface area (Å²) in [5.74, 6) is 3.37. The number of hydrogen-bond donors (Lipinski definition) is 2. The minimum atomic E-state index is 0.337. The van der Waals surface area contributed by atoms with Gasteiger partial charge in [-0.05, 0) is 68.6 Å². The zero-order chi connectivity index (χ0) is 17.6. The van der Waals surface area contributed by atoms with Crippen LogP contribution in [0.25, 0.3) is 0 Å². The molecule has 0 bridgehead atoms. The van der Waals surface area contributed by atoms with Crippen LogP contribution in [0.3, 0.4) is 0 Å².